The summed E-state index contributed by atoms with van der Waals surface area (Å²) >= 11 is 0. The van der Waals surface area contributed by atoms with Crippen LogP contribution in [0.2, 0.25) is 0 Å². The van der Waals surface area contributed by atoms with E-state index in [0.29, 0.717) is 5.70 Å². The van der Waals surface area contributed by atoms with Crippen molar-refractivity contribution in [2.75, 3.05) is 0 Å². The lowest BCUT2D eigenvalue weighted by atomic mass is 10.3. The minimum atomic E-state index is -0.493. The molecule has 0 aliphatic carbocycles. The number of aliphatic imine (C=N–C) groups is 2. The highest BCUT2D eigenvalue weighted by Gasteiger charge is 2.04. The van der Waals surface area contributed by atoms with E-state index in [-0.39, 0.29) is 11.8 Å². The first-order valence-electron chi connectivity index (χ1n) is 4.52. The Morgan fingerprint density at radius 1 is 1.50 bits per heavy atom. The molecule has 0 bridgehead atoms. The molecule has 2 N–H and O–H groups in total. The summed E-state index contributed by atoms with van der Waals surface area (Å²) in [7, 11) is 0. The third-order valence-electron chi connectivity index (χ3n) is 1.55. The molecule has 0 spiro atoms. The van der Waals surface area contributed by atoms with Gasteiger partial charge in [-0.15, -0.1) is 0 Å². The summed E-state index contributed by atoms with van der Waals surface area (Å²) in [4.78, 5) is 7.30. The molecule has 5 heteroatoms. The van der Waals surface area contributed by atoms with Gasteiger partial charge >= 0.3 is 6.02 Å². The van der Waals surface area contributed by atoms with Crippen molar-refractivity contribution >= 4 is 12.7 Å². The predicted octanol–water partition coefficient (Wildman–Crippen LogP) is 2.08. The number of amidine groups is 1. The summed E-state index contributed by atoms with van der Waals surface area (Å²) in [5, 5.41) is 0. The Hall–Kier alpha value is -2.17. The molecule has 0 saturated carbocycles. The van der Waals surface area contributed by atoms with Crippen molar-refractivity contribution in [1.82, 2.24) is 0 Å². The van der Waals surface area contributed by atoms with Gasteiger partial charge in [0.15, 0.2) is 11.6 Å². The summed E-state index contributed by atoms with van der Waals surface area (Å²) < 4.78 is 18.3. The number of hydrogen-bond acceptors (Lipinski definition) is 3. The molecule has 0 radical (unpaired) electrons. The van der Waals surface area contributed by atoms with Gasteiger partial charge in [-0.25, -0.2) is 14.4 Å². The van der Waals surface area contributed by atoms with Crippen LogP contribution in [0.25, 0.3) is 0 Å². The molecule has 1 rings (SSSR count). The number of para-hydroxylation sites is 1. The Balaban J connectivity index is 2.87. The molecule has 0 aromatic heterocycles. The molecule has 1 aromatic carbocycles. The second-order valence-electron chi connectivity index (χ2n) is 2.98. The van der Waals surface area contributed by atoms with Gasteiger partial charge in [-0.2, -0.15) is 0 Å². The van der Waals surface area contributed by atoms with E-state index in [1.807, 2.05) is 0 Å². The number of rotatable bonds is 2. The maximum Gasteiger partial charge on any atom is 0.321 e. The van der Waals surface area contributed by atoms with Gasteiger partial charge in [0.2, 0.25) is 0 Å². The topological polar surface area (TPSA) is 60.0 Å². The first-order valence-corrected chi connectivity index (χ1v) is 4.52. The van der Waals surface area contributed by atoms with Crippen LogP contribution in [-0.4, -0.2) is 12.7 Å². The standard InChI is InChI=1S/C11H12FN3O/c1-8(13)7-15-11(14-2)16-10-6-4-3-5-9(10)12/h3-7H,2,13H2,1H3/b8-7+,15-11+. The summed E-state index contributed by atoms with van der Waals surface area (Å²) in [6, 6.07) is 5.89. The Morgan fingerprint density at radius 3 is 2.75 bits per heavy atom. The van der Waals surface area contributed by atoms with E-state index in [9.17, 15) is 4.39 Å². The van der Waals surface area contributed by atoms with Gasteiger partial charge in [0.1, 0.15) is 0 Å². The Bertz CT molecular complexity index is 437. The Labute approximate surface area is 93.0 Å². The van der Waals surface area contributed by atoms with Crippen LogP contribution < -0.4 is 10.5 Å². The van der Waals surface area contributed by atoms with Crippen LogP contribution in [0.5, 0.6) is 5.75 Å². The van der Waals surface area contributed by atoms with Crippen LogP contribution in [0.15, 0.2) is 46.1 Å². The number of benzene rings is 1. The second kappa shape index (κ2) is 5.65. The summed E-state index contributed by atoms with van der Waals surface area (Å²) in [6.07, 6.45) is 1.35. The second-order valence-corrected chi connectivity index (χ2v) is 2.98. The highest BCUT2D eigenvalue weighted by atomic mass is 19.1. The van der Waals surface area contributed by atoms with Gasteiger partial charge < -0.3 is 10.5 Å². The van der Waals surface area contributed by atoms with Crippen LogP contribution in [0.1, 0.15) is 6.92 Å². The molecular weight excluding hydrogens is 209 g/mol. The number of halogens is 1. The molecular formula is C11H12FN3O. The van der Waals surface area contributed by atoms with Gasteiger partial charge in [0.25, 0.3) is 0 Å². The summed E-state index contributed by atoms with van der Waals surface area (Å²) in [6.45, 7) is 4.93. The molecule has 0 atom stereocenters. The number of nitrogens with two attached hydrogens (primary N) is 1. The van der Waals surface area contributed by atoms with E-state index in [2.05, 4.69) is 16.7 Å². The molecule has 16 heavy (non-hydrogen) atoms. The largest absolute Gasteiger partial charge is 0.421 e. The molecule has 1 aromatic rings. The fourth-order valence-electron chi connectivity index (χ4n) is 0.882. The lowest BCUT2D eigenvalue weighted by molar-refractivity contribution is 0.486. The van der Waals surface area contributed by atoms with E-state index in [1.54, 1.807) is 19.1 Å². The lowest BCUT2D eigenvalue weighted by Crippen LogP contribution is -2.05. The normalized spacial score (nSPS) is 12.4. The molecule has 4 nitrogen and oxygen atoms in total. The number of hydrogen-bond donors (Lipinski definition) is 1. The summed E-state index contributed by atoms with van der Waals surface area (Å²) in [5.74, 6) is -0.455. The van der Waals surface area contributed by atoms with E-state index in [1.165, 1.54) is 18.3 Å². The number of allylic oxidation sites excluding steroid dienone is 1. The molecule has 0 amide bonds. The monoisotopic (exact) mass is 221 g/mol. The van der Waals surface area contributed by atoms with Crippen LogP contribution in [-0.2, 0) is 0 Å². The van der Waals surface area contributed by atoms with Crippen molar-refractivity contribution in [3.8, 4) is 5.75 Å². The van der Waals surface area contributed by atoms with Crippen LogP contribution in [0.4, 0.5) is 4.39 Å². The van der Waals surface area contributed by atoms with E-state index >= 15 is 0 Å². The van der Waals surface area contributed by atoms with Crippen molar-refractivity contribution in [2.24, 2.45) is 15.7 Å². The average Bonchev–Trinajstić information content (AvgIpc) is 2.26. The smallest absolute Gasteiger partial charge is 0.321 e. The van der Waals surface area contributed by atoms with Gasteiger partial charge in [-0.05, 0) is 25.8 Å². The first kappa shape index (κ1) is 11.9. The molecule has 0 aliphatic heterocycles. The van der Waals surface area contributed by atoms with Crippen molar-refractivity contribution in [3.63, 3.8) is 0 Å². The fraction of sp³-hybridized carbons (Fsp3) is 0.0909. The van der Waals surface area contributed by atoms with Crippen molar-refractivity contribution < 1.29 is 9.13 Å². The highest BCUT2D eigenvalue weighted by molar-refractivity contribution is 5.81. The number of ether oxygens (including phenoxy) is 1. The van der Waals surface area contributed by atoms with Gasteiger partial charge in [0, 0.05) is 5.70 Å². The van der Waals surface area contributed by atoms with Crippen LogP contribution in [0.3, 0.4) is 0 Å². The molecule has 0 unspecified atom stereocenters. The van der Waals surface area contributed by atoms with Crippen LogP contribution >= 0.6 is 0 Å². The minimum Gasteiger partial charge on any atom is -0.421 e. The average molecular weight is 221 g/mol. The molecule has 84 valence electrons. The molecule has 0 saturated heterocycles. The quantitative estimate of drug-likeness (QED) is 0.614. The maximum absolute atomic E-state index is 13.2. The third kappa shape index (κ3) is 3.53. The first-order chi connectivity index (χ1) is 7.63. The van der Waals surface area contributed by atoms with Crippen molar-refractivity contribution in [3.05, 3.63) is 42.0 Å². The molecule has 0 fully saturated rings. The van der Waals surface area contributed by atoms with E-state index in [0.717, 1.165) is 0 Å². The van der Waals surface area contributed by atoms with E-state index in [4.69, 9.17) is 10.5 Å². The summed E-state index contributed by atoms with van der Waals surface area (Å²) in [5.41, 5.74) is 5.87. The molecule has 0 heterocycles. The zero-order valence-electron chi connectivity index (χ0n) is 8.85. The predicted molar refractivity (Wildman–Crippen MR) is 62.0 cm³/mol. The zero-order chi connectivity index (χ0) is 12.0. The fourth-order valence-corrected chi connectivity index (χ4v) is 0.882. The van der Waals surface area contributed by atoms with Crippen LogP contribution in [0, 0.1) is 5.82 Å². The zero-order valence-corrected chi connectivity index (χ0v) is 8.85. The van der Waals surface area contributed by atoms with Gasteiger partial charge in [0.05, 0.1) is 6.20 Å². The Morgan fingerprint density at radius 2 is 2.19 bits per heavy atom. The maximum atomic E-state index is 13.2. The minimum absolute atomic E-state index is 0.0386. The van der Waals surface area contributed by atoms with Crippen molar-refractivity contribution in [1.29, 1.82) is 0 Å². The lowest BCUT2D eigenvalue weighted by Gasteiger charge is -2.03. The van der Waals surface area contributed by atoms with Gasteiger partial charge in [-0.1, -0.05) is 12.1 Å². The third-order valence-corrected chi connectivity index (χ3v) is 1.55. The van der Waals surface area contributed by atoms with Crippen molar-refractivity contribution in [2.45, 2.75) is 6.92 Å². The SMILES string of the molecule is C=N/C(=N\C=C(/C)N)Oc1ccccc1F. The highest BCUT2D eigenvalue weighted by Crippen LogP contribution is 2.15. The Kier molecular flexibility index (Phi) is 4.20. The van der Waals surface area contributed by atoms with Gasteiger partial charge in [-0.3, -0.25) is 0 Å². The van der Waals surface area contributed by atoms with E-state index < -0.39 is 5.82 Å². The molecule has 0 aliphatic rings. The number of nitrogens with zero attached hydrogens (tertiary/aromatic N) is 2.